The number of nitrogens with two attached hydrogens (primary N) is 1. The zero-order chi connectivity index (χ0) is 19.4. The number of primary amides is 1. The molecular weight excluding hydrogens is 326 g/mol. The Morgan fingerprint density at radius 1 is 1.15 bits per heavy atom. The summed E-state index contributed by atoms with van der Waals surface area (Å²) in [4.78, 5) is 18.0. The van der Waals surface area contributed by atoms with E-state index in [4.69, 9.17) is 5.73 Å². The maximum atomic E-state index is 11.2. The molecule has 0 aromatic rings. The van der Waals surface area contributed by atoms with Crippen LogP contribution in [0.3, 0.4) is 0 Å². The van der Waals surface area contributed by atoms with Crippen LogP contribution in [0.1, 0.15) is 65.7 Å². The van der Waals surface area contributed by atoms with Crippen LogP contribution in [0.2, 0.25) is 0 Å². The topological polar surface area (TPSA) is 82.8 Å². The predicted molar refractivity (Wildman–Crippen MR) is 110 cm³/mol. The first kappa shape index (κ1) is 22.7. The molecule has 1 fully saturated rings. The van der Waals surface area contributed by atoms with Crippen LogP contribution < -0.4 is 16.4 Å². The third-order valence-electron chi connectivity index (χ3n) is 5.21. The van der Waals surface area contributed by atoms with Crippen molar-refractivity contribution >= 4 is 11.9 Å². The number of guanidine groups is 1. The van der Waals surface area contributed by atoms with Gasteiger partial charge in [0.25, 0.3) is 0 Å². The standard InChI is InChI=1S/C20H41N5O/c1-16(2)8-7-9-17(3)24-20(22-4)23-12-5-6-13-25-14-10-18(11-15-25)19(21)26/h16-18H,5-15H2,1-4H3,(H2,21,26)(H2,22,23,24). The molecule has 1 aliphatic rings. The predicted octanol–water partition coefficient (Wildman–Crippen LogP) is 2.34. The molecule has 26 heavy (non-hydrogen) atoms. The Morgan fingerprint density at radius 3 is 2.42 bits per heavy atom. The molecule has 1 heterocycles. The molecule has 0 saturated carbocycles. The summed E-state index contributed by atoms with van der Waals surface area (Å²) in [6.45, 7) is 10.8. The van der Waals surface area contributed by atoms with Crippen molar-refractivity contribution in [1.29, 1.82) is 0 Å². The molecule has 0 spiro atoms. The van der Waals surface area contributed by atoms with E-state index in [2.05, 4.69) is 41.3 Å². The van der Waals surface area contributed by atoms with Crippen molar-refractivity contribution in [2.45, 2.75) is 71.8 Å². The van der Waals surface area contributed by atoms with Crippen molar-refractivity contribution < 1.29 is 4.79 Å². The van der Waals surface area contributed by atoms with Gasteiger partial charge >= 0.3 is 0 Å². The van der Waals surface area contributed by atoms with Gasteiger partial charge in [-0.05, 0) is 64.6 Å². The van der Waals surface area contributed by atoms with Crippen LogP contribution in [-0.4, -0.2) is 56.0 Å². The number of amides is 1. The van der Waals surface area contributed by atoms with E-state index >= 15 is 0 Å². The van der Waals surface area contributed by atoms with Crippen molar-refractivity contribution in [3.8, 4) is 0 Å². The van der Waals surface area contributed by atoms with Gasteiger partial charge < -0.3 is 21.3 Å². The Labute approximate surface area is 160 Å². The molecule has 0 aromatic heterocycles. The number of carbonyl (C=O) groups is 1. The van der Waals surface area contributed by atoms with E-state index in [0.29, 0.717) is 6.04 Å². The lowest BCUT2D eigenvalue weighted by Gasteiger charge is -2.30. The summed E-state index contributed by atoms with van der Waals surface area (Å²) < 4.78 is 0. The van der Waals surface area contributed by atoms with Gasteiger partial charge in [0.2, 0.25) is 5.91 Å². The fourth-order valence-corrected chi connectivity index (χ4v) is 3.44. The van der Waals surface area contributed by atoms with Crippen LogP contribution in [-0.2, 0) is 4.79 Å². The number of hydrogen-bond donors (Lipinski definition) is 3. The molecule has 6 nitrogen and oxygen atoms in total. The van der Waals surface area contributed by atoms with Gasteiger partial charge in [-0.1, -0.05) is 26.7 Å². The average molecular weight is 368 g/mol. The van der Waals surface area contributed by atoms with Crippen LogP contribution in [0, 0.1) is 11.8 Å². The molecule has 6 heteroatoms. The Hall–Kier alpha value is -1.30. The Balaban J connectivity index is 2.07. The summed E-state index contributed by atoms with van der Waals surface area (Å²) in [7, 11) is 1.83. The number of carbonyl (C=O) groups excluding carboxylic acids is 1. The maximum Gasteiger partial charge on any atom is 0.220 e. The summed E-state index contributed by atoms with van der Waals surface area (Å²) in [5.41, 5.74) is 5.39. The largest absolute Gasteiger partial charge is 0.369 e. The van der Waals surface area contributed by atoms with Crippen LogP contribution in [0.25, 0.3) is 0 Å². The second kappa shape index (κ2) is 13.0. The molecule has 0 radical (unpaired) electrons. The Bertz CT molecular complexity index is 416. The number of aliphatic imine (C=N–C) groups is 1. The molecule has 152 valence electrons. The van der Waals surface area contributed by atoms with Crippen LogP contribution in [0.4, 0.5) is 0 Å². The SMILES string of the molecule is CN=C(NCCCCN1CCC(C(N)=O)CC1)NC(C)CCCC(C)C. The molecular formula is C20H41N5O. The van der Waals surface area contributed by atoms with Gasteiger partial charge in [-0.2, -0.15) is 0 Å². The van der Waals surface area contributed by atoms with E-state index in [1.165, 1.54) is 19.3 Å². The number of nitrogens with one attached hydrogen (secondary N) is 2. The molecule has 1 atom stereocenters. The first-order chi connectivity index (χ1) is 12.4. The minimum absolute atomic E-state index is 0.0878. The summed E-state index contributed by atoms with van der Waals surface area (Å²) in [5, 5.41) is 6.90. The highest BCUT2D eigenvalue weighted by Gasteiger charge is 2.22. The smallest absolute Gasteiger partial charge is 0.220 e. The first-order valence-corrected chi connectivity index (χ1v) is 10.4. The number of unbranched alkanes of at least 4 members (excludes halogenated alkanes) is 1. The molecule has 1 rings (SSSR count). The van der Waals surface area contributed by atoms with Crippen molar-refractivity contribution in [3.05, 3.63) is 0 Å². The highest BCUT2D eigenvalue weighted by Crippen LogP contribution is 2.16. The minimum Gasteiger partial charge on any atom is -0.369 e. The third-order valence-corrected chi connectivity index (χ3v) is 5.21. The average Bonchev–Trinajstić information content (AvgIpc) is 2.60. The van der Waals surface area contributed by atoms with E-state index in [0.717, 1.165) is 63.7 Å². The Kier molecular flexibility index (Phi) is 11.3. The number of piperidine rings is 1. The monoisotopic (exact) mass is 367 g/mol. The lowest BCUT2D eigenvalue weighted by molar-refractivity contribution is -0.123. The summed E-state index contributed by atoms with van der Waals surface area (Å²) in [6.07, 6.45) is 7.84. The van der Waals surface area contributed by atoms with Gasteiger partial charge in [-0.15, -0.1) is 0 Å². The Morgan fingerprint density at radius 2 is 1.85 bits per heavy atom. The molecule has 0 aliphatic carbocycles. The molecule has 0 aromatic carbocycles. The molecule has 1 saturated heterocycles. The first-order valence-electron chi connectivity index (χ1n) is 10.4. The van der Waals surface area contributed by atoms with Crippen molar-refractivity contribution in [2.75, 3.05) is 33.2 Å². The van der Waals surface area contributed by atoms with Crippen molar-refractivity contribution in [2.24, 2.45) is 22.6 Å². The van der Waals surface area contributed by atoms with E-state index in [1.807, 2.05) is 7.05 Å². The van der Waals surface area contributed by atoms with Gasteiger partial charge in [-0.25, -0.2) is 0 Å². The second-order valence-electron chi connectivity index (χ2n) is 8.09. The lowest BCUT2D eigenvalue weighted by Crippen LogP contribution is -2.42. The van der Waals surface area contributed by atoms with Crippen molar-refractivity contribution in [1.82, 2.24) is 15.5 Å². The minimum atomic E-state index is -0.133. The molecule has 1 amide bonds. The van der Waals surface area contributed by atoms with Gasteiger partial charge in [0.05, 0.1) is 0 Å². The normalized spacial score (nSPS) is 18.1. The van der Waals surface area contributed by atoms with Gasteiger partial charge in [0.15, 0.2) is 5.96 Å². The molecule has 1 unspecified atom stereocenters. The van der Waals surface area contributed by atoms with Gasteiger partial charge in [-0.3, -0.25) is 9.79 Å². The number of nitrogens with zero attached hydrogens (tertiary/aromatic N) is 2. The van der Waals surface area contributed by atoms with Crippen LogP contribution >= 0.6 is 0 Å². The molecule has 4 N–H and O–H groups in total. The summed E-state index contributed by atoms with van der Waals surface area (Å²) >= 11 is 0. The summed E-state index contributed by atoms with van der Waals surface area (Å²) in [6, 6.07) is 0.450. The summed E-state index contributed by atoms with van der Waals surface area (Å²) in [5.74, 6) is 1.64. The zero-order valence-corrected chi connectivity index (χ0v) is 17.4. The quantitative estimate of drug-likeness (QED) is 0.297. The lowest BCUT2D eigenvalue weighted by atomic mass is 9.96. The molecule has 0 bridgehead atoms. The van der Waals surface area contributed by atoms with Crippen molar-refractivity contribution in [3.63, 3.8) is 0 Å². The fourth-order valence-electron chi connectivity index (χ4n) is 3.44. The van der Waals surface area contributed by atoms with Gasteiger partial charge in [0.1, 0.15) is 0 Å². The number of hydrogen-bond acceptors (Lipinski definition) is 3. The maximum absolute atomic E-state index is 11.2. The van der Waals surface area contributed by atoms with Crippen LogP contribution in [0.15, 0.2) is 4.99 Å². The third kappa shape index (κ3) is 10.00. The second-order valence-corrected chi connectivity index (χ2v) is 8.09. The highest BCUT2D eigenvalue weighted by molar-refractivity contribution is 5.79. The van der Waals surface area contributed by atoms with E-state index in [-0.39, 0.29) is 11.8 Å². The fraction of sp³-hybridized carbons (Fsp3) is 0.900. The number of rotatable bonds is 11. The molecule has 1 aliphatic heterocycles. The van der Waals surface area contributed by atoms with E-state index in [1.54, 1.807) is 0 Å². The number of likely N-dealkylation sites (tertiary alicyclic amines) is 1. The van der Waals surface area contributed by atoms with Crippen LogP contribution in [0.5, 0.6) is 0 Å². The zero-order valence-electron chi connectivity index (χ0n) is 17.4. The van der Waals surface area contributed by atoms with E-state index < -0.39 is 0 Å². The van der Waals surface area contributed by atoms with Gasteiger partial charge in [0, 0.05) is 25.6 Å². The highest BCUT2D eigenvalue weighted by atomic mass is 16.1. The van der Waals surface area contributed by atoms with E-state index in [9.17, 15) is 4.79 Å².